The molecule has 1 saturated heterocycles. The number of aromatic nitrogens is 2. The smallest absolute Gasteiger partial charge is 0.303 e. The van der Waals surface area contributed by atoms with Gasteiger partial charge in [0, 0.05) is 19.5 Å². The molecule has 1 unspecified atom stereocenters. The first-order valence-electron chi connectivity index (χ1n) is 6.17. The molecule has 108 valence electrons. The molecule has 0 spiro atoms. The molecule has 1 aliphatic rings. The summed E-state index contributed by atoms with van der Waals surface area (Å²) in [6, 6.07) is 1.39. The molecule has 0 aliphatic carbocycles. The number of aliphatic carboxylic acids is 1. The number of carbonyl (C=O) groups is 2. The molecule has 1 fully saturated rings. The van der Waals surface area contributed by atoms with Crippen LogP contribution in [0.15, 0.2) is 6.07 Å². The van der Waals surface area contributed by atoms with Gasteiger partial charge in [-0.3, -0.25) is 9.59 Å². The third-order valence-corrected chi connectivity index (χ3v) is 3.75. The van der Waals surface area contributed by atoms with Gasteiger partial charge in [0.25, 0.3) is 5.91 Å². The molecule has 1 atom stereocenters. The minimum atomic E-state index is -0.817. The average molecular weight is 318 g/mol. The fourth-order valence-corrected chi connectivity index (χ4v) is 2.57. The topological polar surface area (TPSA) is 83.4 Å². The van der Waals surface area contributed by atoms with E-state index in [1.165, 1.54) is 6.07 Å². The summed E-state index contributed by atoms with van der Waals surface area (Å²) in [5.41, 5.74) is 0.227. The summed E-state index contributed by atoms with van der Waals surface area (Å²) in [4.78, 5) is 24.5. The highest BCUT2D eigenvalue weighted by Gasteiger charge is 2.28. The Morgan fingerprint density at radius 2 is 2.15 bits per heavy atom. The van der Waals surface area contributed by atoms with Crippen LogP contribution in [-0.2, 0) is 4.79 Å². The van der Waals surface area contributed by atoms with E-state index in [2.05, 4.69) is 10.2 Å². The van der Waals surface area contributed by atoms with Gasteiger partial charge in [0.15, 0.2) is 10.3 Å². The molecule has 1 aromatic rings. The summed E-state index contributed by atoms with van der Waals surface area (Å²) in [6.07, 6.45) is 1.49. The molecule has 1 N–H and O–H groups in total. The van der Waals surface area contributed by atoms with Crippen molar-refractivity contribution in [1.82, 2.24) is 15.1 Å². The average Bonchev–Trinajstić information content (AvgIpc) is 2.87. The number of nitrogens with zero attached hydrogens (tertiary/aromatic N) is 3. The number of amides is 1. The Hall–Kier alpha value is -1.40. The molecule has 1 aromatic heterocycles. The molecule has 1 amide bonds. The first kappa shape index (κ1) is 15.0. The van der Waals surface area contributed by atoms with E-state index in [4.69, 9.17) is 28.3 Å². The van der Waals surface area contributed by atoms with Crippen LogP contribution in [0.4, 0.5) is 0 Å². The number of carboxylic acids is 1. The molecule has 1 aliphatic heterocycles. The third kappa shape index (κ3) is 3.58. The predicted molar refractivity (Wildman–Crippen MR) is 72.9 cm³/mol. The number of hydrogen-bond acceptors (Lipinski definition) is 4. The van der Waals surface area contributed by atoms with Crippen molar-refractivity contribution in [3.63, 3.8) is 0 Å². The van der Waals surface area contributed by atoms with Crippen molar-refractivity contribution in [3.8, 4) is 0 Å². The summed E-state index contributed by atoms with van der Waals surface area (Å²) in [5.74, 6) is -0.855. The summed E-state index contributed by atoms with van der Waals surface area (Å²) in [5, 5.41) is 16.0. The minimum absolute atomic E-state index is 0.0217. The van der Waals surface area contributed by atoms with Crippen LogP contribution in [0.3, 0.4) is 0 Å². The lowest BCUT2D eigenvalue weighted by atomic mass is 10.0. The van der Waals surface area contributed by atoms with Gasteiger partial charge in [0.05, 0.1) is 5.56 Å². The Morgan fingerprint density at radius 3 is 2.85 bits per heavy atom. The number of carboxylic acid groups (broad SMARTS) is 1. The van der Waals surface area contributed by atoms with E-state index in [-0.39, 0.29) is 34.1 Å². The number of rotatable bonds is 4. The maximum Gasteiger partial charge on any atom is 0.303 e. The number of halogens is 2. The van der Waals surface area contributed by atoms with Crippen LogP contribution in [0.25, 0.3) is 0 Å². The monoisotopic (exact) mass is 317 g/mol. The molecule has 6 nitrogen and oxygen atoms in total. The lowest BCUT2D eigenvalue weighted by molar-refractivity contribution is -0.137. The molecule has 2 heterocycles. The molecule has 0 radical (unpaired) electrons. The third-order valence-electron chi connectivity index (χ3n) is 3.29. The summed E-state index contributed by atoms with van der Waals surface area (Å²) in [7, 11) is 0. The zero-order chi connectivity index (χ0) is 14.7. The van der Waals surface area contributed by atoms with Gasteiger partial charge in [-0.25, -0.2) is 0 Å². The van der Waals surface area contributed by atoms with Crippen LogP contribution in [0.5, 0.6) is 0 Å². The van der Waals surface area contributed by atoms with E-state index in [0.29, 0.717) is 19.5 Å². The van der Waals surface area contributed by atoms with Gasteiger partial charge in [-0.05, 0) is 24.8 Å². The van der Waals surface area contributed by atoms with E-state index in [9.17, 15) is 9.59 Å². The first-order valence-corrected chi connectivity index (χ1v) is 6.92. The first-order chi connectivity index (χ1) is 9.47. The highest BCUT2D eigenvalue weighted by molar-refractivity contribution is 6.34. The Labute approximate surface area is 125 Å². The molecule has 0 bridgehead atoms. The largest absolute Gasteiger partial charge is 0.481 e. The fraction of sp³-hybridized carbons (Fsp3) is 0.500. The molecule has 2 rings (SSSR count). The second-order valence-electron chi connectivity index (χ2n) is 4.71. The van der Waals surface area contributed by atoms with Gasteiger partial charge < -0.3 is 10.0 Å². The molecule has 20 heavy (non-hydrogen) atoms. The standard InChI is InChI=1S/C12H13Cl2N3O3/c13-9-5-8(11(14)16-15-9)12(20)17-4-3-7(6-17)1-2-10(18)19/h5,7H,1-4,6H2,(H,18,19). The van der Waals surface area contributed by atoms with Crippen LogP contribution in [0.2, 0.25) is 10.3 Å². The van der Waals surface area contributed by atoms with Gasteiger partial charge in [-0.15, -0.1) is 10.2 Å². The zero-order valence-electron chi connectivity index (χ0n) is 10.6. The Kier molecular flexibility index (Phi) is 4.77. The van der Waals surface area contributed by atoms with Crippen LogP contribution < -0.4 is 0 Å². The maximum atomic E-state index is 12.3. The van der Waals surface area contributed by atoms with Gasteiger partial charge in [-0.1, -0.05) is 23.2 Å². The molecule has 0 saturated carbocycles. The van der Waals surface area contributed by atoms with Crippen molar-refractivity contribution in [2.24, 2.45) is 5.92 Å². The van der Waals surface area contributed by atoms with Gasteiger partial charge in [0.2, 0.25) is 0 Å². The summed E-state index contributed by atoms with van der Waals surface area (Å²) < 4.78 is 0. The molecule has 8 heteroatoms. The van der Waals surface area contributed by atoms with Crippen molar-refractivity contribution in [1.29, 1.82) is 0 Å². The SMILES string of the molecule is O=C(O)CCC1CCN(C(=O)c2cc(Cl)nnc2Cl)C1. The molecular formula is C12H13Cl2N3O3. The van der Waals surface area contributed by atoms with E-state index in [1.807, 2.05) is 0 Å². The van der Waals surface area contributed by atoms with Crippen molar-refractivity contribution < 1.29 is 14.7 Å². The second kappa shape index (κ2) is 6.37. The summed E-state index contributed by atoms with van der Waals surface area (Å²) >= 11 is 11.6. The van der Waals surface area contributed by atoms with Crippen LogP contribution in [0.1, 0.15) is 29.6 Å². The highest BCUT2D eigenvalue weighted by atomic mass is 35.5. The number of likely N-dealkylation sites (tertiary alicyclic amines) is 1. The van der Waals surface area contributed by atoms with E-state index >= 15 is 0 Å². The highest BCUT2D eigenvalue weighted by Crippen LogP contribution is 2.25. The second-order valence-corrected chi connectivity index (χ2v) is 5.46. The number of carbonyl (C=O) groups excluding carboxylic acids is 1. The Morgan fingerprint density at radius 1 is 1.40 bits per heavy atom. The maximum absolute atomic E-state index is 12.3. The van der Waals surface area contributed by atoms with Crippen LogP contribution in [-0.4, -0.2) is 45.2 Å². The van der Waals surface area contributed by atoms with E-state index in [0.717, 1.165) is 6.42 Å². The van der Waals surface area contributed by atoms with Crippen LogP contribution in [0, 0.1) is 5.92 Å². The van der Waals surface area contributed by atoms with Gasteiger partial charge in [0.1, 0.15) is 0 Å². The minimum Gasteiger partial charge on any atom is -0.481 e. The zero-order valence-corrected chi connectivity index (χ0v) is 12.1. The number of hydrogen-bond donors (Lipinski definition) is 1. The van der Waals surface area contributed by atoms with Crippen molar-refractivity contribution in [3.05, 3.63) is 21.9 Å². The van der Waals surface area contributed by atoms with E-state index in [1.54, 1.807) is 4.90 Å². The Bertz CT molecular complexity index is 539. The molecule has 0 aromatic carbocycles. The predicted octanol–water partition coefficient (Wildman–Crippen LogP) is 2.11. The van der Waals surface area contributed by atoms with Crippen LogP contribution >= 0.6 is 23.2 Å². The Balaban J connectivity index is 2.00. The molecular weight excluding hydrogens is 305 g/mol. The lowest BCUT2D eigenvalue weighted by Crippen LogP contribution is -2.29. The normalized spacial score (nSPS) is 18.3. The fourth-order valence-electron chi connectivity index (χ4n) is 2.25. The quantitative estimate of drug-likeness (QED) is 0.919. The summed E-state index contributed by atoms with van der Waals surface area (Å²) in [6.45, 7) is 1.11. The van der Waals surface area contributed by atoms with Crippen molar-refractivity contribution in [2.75, 3.05) is 13.1 Å². The van der Waals surface area contributed by atoms with Crippen molar-refractivity contribution >= 4 is 35.1 Å². The van der Waals surface area contributed by atoms with Gasteiger partial charge >= 0.3 is 5.97 Å². The van der Waals surface area contributed by atoms with Gasteiger partial charge in [-0.2, -0.15) is 0 Å². The van der Waals surface area contributed by atoms with Crippen molar-refractivity contribution in [2.45, 2.75) is 19.3 Å². The van der Waals surface area contributed by atoms with E-state index < -0.39 is 5.97 Å². The lowest BCUT2D eigenvalue weighted by Gasteiger charge is -2.16.